The quantitative estimate of drug-likeness (QED) is 0.361. The van der Waals surface area contributed by atoms with E-state index in [0.29, 0.717) is 11.5 Å². The molecule has 1 unspecified atom stereocenters. The summed E-state index contributed by atoms with van der Waals surface area (Å²) in [6.07, 6.45) is -0.320. The highest BCUT2D eigenvalue weighted by Crippen LogP contribution is 2.31. The van der Waals surface area contributed by atoms with Gasteiger partial charge in [-0.1, -0.05) is 19.8 Å². The van der Waals surface area contributed by atoms with Crippen LogP contribution in [0.5, 0.6) is 0 Å². The van der Waals surface area contributed by atoms with Gasteiger partial charge in [-0.2, -0.15) is 13.2 Å². The van der Waals surface area contributed by atoms with Gasteiger partial charge in [-0.05, 0) is 63.1 Å². The predicted octanol–water partition coefficient (Wildman–Crippen LogP) is 3.91. The molecule has 0 bridgehead atoms. The van der Waals surface area contributed by atoms with Crippen LogP contribution in [0.15, 0.2) is 18.3 Å². The van der Waals surface area contributed by atoms with Crippen LogP contribution in [0.1, 0.15) is 65.0 Å². The molecule has 0 aromatic carbocycles. The van der Waals surface area contributed by atoms with E-state index in [9.17, 15) is 22.8 Å². The van der Waals surface area contributed by atoms with Crippen molar-refractivity contribution in [1.82, 2.24) is 15.6 Å². The first-order valence-corrected chi connectivity index (χ1v) is 12.5. The van der Waals surface area contributed by atoms with Crippen molar-refractivity contribution in [3.05, 3.63) is 23.9 Å². The largest absolute Gasteiger partial charge is 0.444 e. The molecule has 12 heteroatoms. The fourth-order valence-corrected chi connectivity index (χ4v) is 4.21. The van der Waals surface area contributed by atoms with Crippen molar-refractivity contribution < 1.29 is 32.2 Å². The Kier molecular flexibility index (Phi) is 11.1. The van der Waals surface area contributed by atoms with Crippen molar-refractivity contribution in [2.75, 3.05) is 25.6 Å². The lowest BCUT2D eigenvalue weighted by atomic mass is 9.79. The highest BCUT2D eigenvalue weighted by atomic mass is 19.4. The van der Waals surface area contributed by atoms with E-state index in [1.54, 1.807) is 32.9 Å². The summed E-state index contributed by atoms with van der Waals surface area (Å²) in [5, 5.41) is 8.25. The molecule has 0 radical (unpaired) electrons. The number of rotatable bonds is 10. The molecule has 1 aliphatic carbocycles. The van der Waals surface area contributed by atoms with Gasteiger partial charge in [0.05, 0.1) is 12.6 Å². The molecule has 1 aromatic heterocycles. The molecule has 1 heterocycles. The van der Waals surface area contributed by atoms with Crippen molar-refractivity contribution in [1.29, 1.82) is 0 Å². The zero-order valence-electron chi connectivity index (χ0n) is 22.2. The molecule has 0 spiro atoms. The van der Waals surface area contributed by atoms with Gasteiger partial charge in [-0.15, -0.1) is 0 Å². The summed E-state index contributed by atoms with van der Waals surface area (Å²) in [5.74, 6) is 0.241. The molecule has 2 amide bonds. The number of carbonyl (C=O) groups excluding carboxylic acids is 2. The van der Waals surface area contributed by atoms with Gasteiger partial charge < -0.3 is 31.2 Å². The van der Waals surface area contributed by atoms with Crippen LogP contribution in [0.25, 0.3) is 0 Å². The third-order valence-corrected chi connectivity index (χ3v) is 6.26. The van der Waals surface area contributed by atoms with Crippen molar-refractivity contribution in [2.24, 2.45) is 17.6 Å². The van der Waals surface area contributed by atoms with Gasteiger partial charge in [-0.25, -0.2) is 9.78 Å². The lowest BCUT2D eigenvalue weighted by Crippen LogP contribution is -2.50. The second-order valence-electron chi connectivity index (χ2n) is 10.7. The third kappa shape index (κ3) is 10.4. The fraction of sp³-hybridized carbons (Fsp3) is 0.720. The molecule has 1 fully saturated rings. The number of nitrogens with zero attached hydrogens (tertiary/aromatic N) is 1. The number of carbonyl (C=O) groups is 2. The number of hydrogen-bond acceptors (Lipinski definition) is 7. The number of amides is 2. The Balaban J connectivity index is 2.17. The van der Waals surface area contributed by atoms with Crippen molar-refractivity contribution >= 4 is 17.8 Å². The maximum Gasteiger partial charge on any atom is 0.408 e. The normalized spacial score (nSPS) is 21.0. The summed E-state index contributed by atoms with van der Waals surface area (Å²) in [7, 11) is 1.43. The molecule has 1 aromatic rings. The first-order chi connectivity index (χ1) is 17.2. The Labute approximate surface area is 216 Å². The molecule has 2 rings (SSSR count). The average molecular weight is 532 g/mol. The van der Waals surface area contributed by atoms with E-state index in [2.05, 4.69) is 27.9 Å². The molecule has 1 aliphatic rings. The number of alkyl halides is 3. The van der Waals surface area contributed by atoms with Gasteiger partial charge in [0.15, 0.2) is 0 Å². The number of methoxy groups -OCH3 is 1. The van der Waals surface area contributed by atoms with Crippen LogP contribution in [-0.4, -0.2) is 61.1 Å². The van der Waals surface area contributed by atoms with Gasteiger partial charge in [0, 0.05) is 19.9 Å². The van der Waals surface area contributed by atoms with Gasteiger partial charge in [0.1, 0.15) is 23.5 Å². The van der Waals surface area contributed by atoms with E-state index < -0.39 is 48.4 Å². The van der Waals surface area contributed by atoms with Crippen LogP contribution in [0.4, 0.5) is 23.8 Å². The smallest absolute Gasteiger partial charge is 0.408 e. The minimum absolute atomic E-state index is 0.0707. The van der Waals surface area contributed by atoms with E-state index in [-0.39, 0.29) is 18.3 Å². The van der Waals surface area contributed by atoms with Crippen LogP contribution in [0, 0.1) is 11.8 Å². The van der Waals surface area contributed by atoms with Crippen LogP contribution < -0.4 is 21.7 Å². The van der Waals surface area contributed by atoms with Crippen molar-refractivity contribution in [3.8, 4) is 0 Å². The molecule has 0 saturated heterocycles. The van der Waals surface area contributed by atoms with Gasteiger partial charge in [0.2, 0.25) is 5.91 Å². The Morgan fingerprint density at radius 2 is 1.84 bits per heavy atom. The number of ether oxygens (including phenoxy) is 2. The first-order valence-electron chi connectivity index (χ1n) is 12.5. The average Bonchev–Trinajstić information content (AvgIpc) is 2.79. The molecular formula is C25H40F3N5O4. The predicted molar refractivity (Wildman–Crippen MR) is 134 cm³/mol. The second-order valence-corrected chi connectivity index (χ2v) is 10.7. The molecular weight excluding hydrogens is 491 g/mol. The number of pyridine rings is 1. The van der Waals surface area contributed by atoms with E-state index in [1.807, 2.05) is 0 Å². The Morgan fingerprint density at radius 3 is 2.41 bits per heavy atom. The van der Waals surface area contributed by atoms with Crippen LogP contribution in [0.2, 0.25) is 0 Å². The lowest BCUT2D eigenvalue weighted by Gasteiger charge is -2.33. The van der Waals surface area contributed by atoms with E-state index >= 15 is 0 Å². The number of nitrogens with one attached hydrogen (secondary N) is 3. The number of anilines is 1. The number of nitrogens with two attached hydrogens (primary N) is 1. The number of aromatic nitrogens is 1. The molecule has 3 atom stereocenters. The van der Waals surface area contributed by atoms with E-state index in [1.165, 1.54) is 13.3 Å². The highest BCUT2D eigenvalue weighted by molar-refractivity contribution is 5.96. The molecule has 210 valence electrons. The van der Waals surface area contributed by atoms with Gasteiger partial charge in [0.25, 0.3) is 0 Å². The number of alkyl carbamates (subject to hydrolysis) is 1. The second kappa shape index (κ2) is 13.4. The topological polar surface area (TPSA) is 128 Å². The lowest BCUT2D eigenvalue weighted by molar-refractivity contribution is -0.147. The van der Waals surface area contributed by atoms with E-state index in [4.69, 9.17) is 15.2 Å². The third-order valence-electron chi connectivity index (χ3n) is 6.26. The van der Waals surface area contributed by atoms with Gasteiger partial charge in [-0.3, -0.25) is 4.79 Å². The summed E-state index contributed by atoms with van der Waals surface area (Å²) in [6.45, 7) is 6.95. The maximum absolute atomic E-state index is 13.3. The molecule has 37 heavy (non-hydrogen) atoms. The summed E-state index contributed by atoms with van der Waals surface area (Å²) in [4.78, 5) is 30.0. The fourth-order valence-electron chi connectivity index (χ4n) is 4.21. The minimum Gasteiger partial charge on any atom is -0.444 e. The van der Waals surface area contributed by atoms with E-state index in [0.717, 1.165) is 25.7 Å². The summed E-state index contributed by atoms with van der Waals surface area (Å²) >= 11 is 0. The number of halogens is 3. The minimum atomic E-state index is -4.53. The first kappa shape index (κ1) is 30.8. The highest BCUT2D eigenvalue weighted by Gasteiger charge is 2.37. The van der Waals surface area contributed by atoms with Gasteiger partial charge >= 0.3 is 12.3 Å². The maximum atomic E-state index is 13.3. The summed E-state index contributed by atoms with van der Waals surface area (Å²) < 4.78 is 49.0. The zero-order chi connectivity index (χ0) is 27.8. The van der Waals surface area contributed by atoms with Crippen LogP contribution in [0.3, 0.4) is 0 Å². The standard InChI is InChI=1S/C25H40F3N5O4/c1-15-6-8-16(9-7-15)21(33-23(35)37-24(2,3)4)22(34)32-20-12-17(10-11-30-20)18(14-36-5)31-13-19(29)25(26,27)28/h10-12,15-16,18-19,21,31H,6-9,13-14,29H2,1-5H3,(H,33,35)(H,30,32,34)/t15?,16?,18?,19-,21-/m0/s1. The molecule has 0 aliphatic heterocycles. The van der Waals surface area contributed by atoms with Crippen LogP contribution in [-0.2, 0) is 14.3 Å². The monoisotopic (exact) mass is 531 g/mol. The molecule has 1 saturated carbocycles. The Hall–Kier alpha value is -2.44. The zero-order valence-corrected chi connectivity index (χ0v) is 22.2. The summed E-state index contributed by atoms with van der Waals surface area (Å²) in [6, 6.07) is -0.310. The van der Waals surface area contributed by atoms with Crippen molar-refractivity contribution in [2.45, 2.75) is 83.3 Å². The molecule has 9 nitrogen and oxygen atoms in total. The van der Waals surface area contributed by atoms with Crippen LogP contribution >= 0.6 is 0 Å². The van der Waals surface area contributed by atoms with Crippen molar-refractivity contribution in [3.63, 3.8) is 0 Å². The SMILES string of the molecule is COCC(NC[C@H](N)C(F)(F)F)c1ccnc(NC(=O)[C@@H](NC(=O)OC(C)(C)C)C2CCC(C)CC2)c1. The Bertz CT molecular complexity index is 886. The Morgan fingerprint density at radius 1 is 1.19 bits per heavy atom. The number of hydrogen-bond donors (Lipinski definition) is 4. The molecule has 5 N–H and O–H groups in total. The summed E-state index contributed by atoms with van der Waals surface area (Å²) in [5.41, 5.74) is 5.06.